The smallest absolute Gasteiger partial charge is 0.323 e. The van der Waals surface area contributed by atoms with Crippen LogP contribution in [0.15, 0.2) is 48.5 Å². The van der Waals surface area contributed by atoms with Gasteiger partial charge in [0, 0.05) is 29.4 Å². The summed E-state index contributed by atoms with van der Waals surface area (Å²) >= 11 is 0. The Kier molecular flexibility index (Phi) is 6.92. The van der Waals surface area contributed by atoms with Crippen LogP contribution in [0, 0.1) is 0 Å². The molecule has 0 spiro atoms. The van der Waals surface area contributed by atoms with Gasteiger partial charge in [-0.1, -0.05) is 25.1 Å². The number of carbonyl (C=O) groups is 2. The van der Waals surface area contributed by atoms with Crippen molar-refractivity contribution in [1.82, 2.24) is 5.32 Å². The Balaban J connectivity index is 1.45. The van der Waals surface area contributed by atoms with Gasteiger partial charge in [0.05, 0.1) is 19.1 Å². The van der Waals surface area contributed by atoms with Crippen LogP contribution in [0.5, 0.6) is 5.75 Å². The van der Waals surface area contributed by atoms with E-state index in [1.54, 1.807) is 6.07 Å². The van der Waals surface area contributed by atoms with Crippen molar-refractivity contribution in [3.05, 3.63) is 54.1 Å². The summed E-state index contributed by atoms with van der Waals surface area (Å²) in [6.07, 6.45) is 0.578. The van der Waals surface area contributed by atoms with Gasteiger partial charge in [0.25, 0.3) is 0 Å². The molecule has 3 amide bonds. The Morgan fingerprint density at radius 2 is 1.88 bits per heavy atom. The van der Waals surface area contributed by atoms with Crippen molar-refractivity contribution in [3.63, 3.8) is 0 Å². The molecule has 4 N–H and O–H groups in total. The fourth-order valence-corrected chi connectivity index (χ4v) is 4.33. The molecule has 2 aliphatic heterocycles. The van der Waals surface area contributed by atoms with Crippen LogP contribution in [0.1, 0.15) is 37.7 Å². The van der Waals surface area contributed by atoms with E-state index in [4.69, 9.17) is 9.47 Å². The highest BCUT2D eigenvalue weighted by molar-refractivity contribution is 5.99. The fourth-order valence-electron chi connectivity index (χ4n) is 4.33. The number of hydrogen-bond acceptors (Lipinski definition) is 5. The summed E-state index contributed by atoms with van der Waals surface area (Å²) in [7, 11) is 0. The van der Waals surface area contributed by atoms with Crippen molar-refractivity contribution in [1.29, 1.82) is 0 Å². The average Bonchev–Trinajstić information content (AvgIpc) is 3.15. The molecule has 8 heteroatoms. The third-order valence-electron chi connectivity index (χ3n) is 5.77. The first-order valence-corrected chi connectivity index (χ1v) is 11.0. The molecule has 4 rings (SSSR count). The molecule has 0 aliphatic carbocycles. The van der Waals surface area contributed by atoms with Crippen LogP contribution in [0.3, 0.4) is 0 Å². The topological polar surface area (TPSA) is 109 Å². The van der Waals surface area contributed by atoms with Gasteiger partial charge in [-0.3, -0.25) is 4.79 Å². The molecule has 0 bridgehead atoms. The molecule has 0 saturated carbocycles. The molecular formula is C24H29N3O5. The van der Waals surface area contributed by atoms with Gasteiger partial charge in [-0.05, 0) is 43.2 Å². The van der Waals surface area contributed by atoms with Crippen molar-refractivity contribution >= 4 is 23.3 Å². The van der Waals surface area contributed by atoms with Crippen LogP contribution < -0.4 is 20.7 Å². The van der Waals surface area contributed by atoms with Gasteiger partial charge in [0.2, 0.25) is 5.91 Å². The number of aliphatic hydroxyl groups excluding tert-OH is 1. The van der Waals surface area contributed by atoms with Gasteiger partial charge in [-0.25, -0.2) is 4.79 Å². The van der Waals surface area contributed by atoms with Gasteiger partial charge in [0.1, 0.15) is 18.0 Å². The molecule has 2 aromatic carbocycles. The quantitative estimate of drug-likeness (QED) is 0.530. The third-order valence-corrected chi connectivity index (χ3v) is 5.77. The number of nitrogens with one attached hydrogen (secondary N) is 3. The summed E-state index contributed by atoms with van der Waals surface area (Å²) in [5, 5.41) is 18.4. The number of para-hydroxylation sites is 1. The van der Waals surface area contributed by atoms with E-state index in [1.807, 2.05) is 49.4 Å². The van der Waals surface area contributed by atoms with E-state index >= 15 is 0 Å². The van der Waals surface area contributed by atoms with Gasteiger partial charge in [-0.2, -0.15) is 0 Å². The minimum atomic E-state index is -0.511. The second-order valence-electron chi connectivity index (χ2n) is 8.16. The van der Waals surface area contributed by atoms with E-state index in [0.29, 0.717) is 30.1 Å². The van der Waals surface area contributed by atoms with Crippen molar-refractivity contribution in [2.24, 2.45) is 0 Å². The molecule has 1 saturated heterocycles. The van der Waals surface area contributed by atoms with E-state index in [1.165, 1.54) is 0 Å². The Morgan fingerprint density at radius 3 is 2.62 bits per heavy atom. The summed E-state index contributed by atoms with van der Waals surface area (Å²) < 4.78 is 12.1. The second kappa shape index (κ2) is 10.0. The van der Waals surface area contributed by atoms with E-state index in [0.717, 1.165) is 12.0 Å². The van der Waals surface area contributed by atoms with Crippen molar-refractivity contribution in [2.45, 2.75) is 50.4 Å². The maximum absolute atomic E-state index is 12.4. The summed E-state index contributed by atoms with van der Waals surface area (Å²) in [5.41, 5.74) is 2.30. The molecule has 8 nitrogen and oxygen atoms in total. The van der Waals surface area contributed by atoms with Crippen LogP contribution in [-0.2, 0) is 9.53 Å². The predicted octanol–water partition coefficient (Wildman–Crippen LogP) is 3.24. The van der Waals surface area contributed by atoms with Crippen LogP contribution in [0.4, 0.5) is 16.2 Å². The molecule has 2 aliphatic rings. The zero-order valence-corrected chi connectivity index (χ0v) is 18.0. The van der Waals surface area contributed by atoms with E-state index in [9.17, 15) is 14.7 Å². The first-order chi connectivity index (χ1) is 15.6. The SMILES string of the molecule is CCCNC(=O)C[C@@H]1C[C@H]2c3cc(NC(=O)Nc4ccccc4)ccc3O[C@H]2[C@@H](CO)O1. The van der Waals surface area contributed by atoms with Crippen LogP contribution in [0.2, 0.25) is 0 Å². The normalized spacial score (nSPS) is 23.4. The maximum atomic E-state index is 12.4. The van der Waals surface area contributed by atoms with Crippen LogP contribution in [-0.4, -0.2) is 48.5 Å². The molecule has 0 radical (unpaired) electrons. The second-order valence-corrected chi connectivity index (χ2v) is 8.16. The molecular weight excluding hydrogens is 410 g/mol. The Bertz CT molecular complexity index is 952. The van der Waals surface area contributed by atoms with Crippen LogP contribution in [0.25, 0.3) is 0 Å². The first kappa shape index (κ1) is 22.1. The van der Waals surface area contributed by atoms with E-state index in [2.05, 4.69) is 16.0 Å². The minimum Gasteiger partial charge on any atom is -0.487 e. The summed E-state index contributed by atoms with van der Waals surface area (Å²) in [6.45, 7) is 2.45. The monoisotopic (exact) mass is 439 g/mol. The van der Waals surface area contributed by atoms with Crippen molar-refractivity contribution in [3.8, 4) is 5.75 Å². The average molecular weight is 440 g/mol. The predicted molar refractivity (Wildman–Crippen MR) is 121 cm³/mol. The standard InChI is InChI=1S/C24H29N3O5/c1-2-10-25-22(29)13-17-12-19-18-11-16(27-24(30)26-15-6-4-3-5-7-15)8-9-20(18)32-23(19)21(14-28)31-17/h3-9,11,17,19,21,23,28H,2,10,12-14H2,1H3,(H,25,29)(H2,26,27,30)/t17-,19-,21+,23+/m0/s1. The zero-order chi connectivity index (χ0) is 22.5. The maximum Gasteiger partial charge on any atom is 0.323 e. The minimum absolute atomic E-state index is 0.0289. The number of fused-ring (bicyclic) bond motifs is 3. The highest BCUT2D eigenvalue weighted by Crippen LogP contribution is 2.47. The number of anilines is 2. The van der Waals surface area contributed by atoms with Crippen molar-refractivity contribution in [2.75, 3.05) is 23.8 Å². The third kappa shape index (κ3) is 5.03. The Morgan fingerprint density at radius 1 is 1.09 bits per heavy atom. The molecule has 0 unspecified atom stereocenters. The van der Waals surface area contributed by atoms with Gasteiger partial charge in [0.15, 0.2) is 0 Å². The number of carbonyl (C=O) groups excluding carboxylic acids is 2. The van der Waals surface area contributed by atoms with E-state index in [-0.39, 0.29) is 43.1 Å². The highest BCUT2D eigenvalue weighted by atomic mass is 16.6. The van der Waals surface area contributed by atoms with Crippen molar-refractivity contribution < 1.29 is 24.2 Å². The summed E-state index contributed by atoms with van der Waals surface area (Å²) in [5.74, 6) is 0.630. The van der Waals surface area contributed by atoms with Crippen LogP contribution >= 0.6 is 0 Å². The number of hydrogen-bond donors (Lipinski definition) is 4. The van der Waals surface area contributed by atoms with Gasteiger partial charge in [-0.15, -0.1) is 0 Å². The van der Waals surface area contributed by atoms with Gasteiger partial charge >= 0.3 is 6.03 Å². The number of aliphatic hydroxyl groups is 1. The largest absolute Gasteiger partial charge is 0.487 e. The number of amides is 3. The number of rotatable bonds is 7. The number of ether oxygens (including phenoxy) is 2. The highest BCUT2D eigenvalue weighted by Gasteiger charge is 2.46. The lowest BCUT2D eigenvalue weighted by molar-refractivity contribution is -0.142. The first-order valence-electron chi connectivity index (χ1n) is 11.0. The zero-order valence-electron chi connectivity index (χ0n) is 18.0. The molecule has 0 aromatic heterocycles. The Hall–Kier alpha value is -3.10. The molecule has 32 heavy (non-hydrogen) atoms. The lowest BCUT2D eigenvalue weighted by atomic mass is 9.84. The lowest BCUT2D eigenvalue weighted by Gasteiger charge is -2.37. The molecule has 4 atom stereocenters. The lowest BCUT2D eigenvalue weighted by Crippen LogP contribution is -2.47. The summed E-state index contributed by atoms with van der Waals surface area (Å²) in [6, 6.07) is 14.4. The summed E-state index contributed by atoms with van der Waals surface area (Å²) in [4.78, 5) is 24.6. The molecule has 1 fully saturated rings. The molecule has 2 aromatic rings. The Labute approximate surface area is 187 Å². The fraction of sp³-hybridized carbons (Fsp3) is 0.417. The number of benzene rings is 2. The van der Waals surface area contributed by atoms with Gasteiger partial charge < -0.3 is 30.5 Å². The number of urea groups is 1. The molecule has 170 valence electrons. The van der Waals surface area contributed by atoms with E-state index < -0.39 is 6.10 Å². The molecule has 2 heterocycles.